The monoisotopic (exact) mass is 256 g/mol. The van der Waals surface area contributed by atoms with E-state index in [4.69, 9.17) is 0 Å². The van der Waals surface area contributed by atoms with Crippen molar-refractivity contribution in [3.05, 3.63) is 0 Å². The molecule has 0 aromatic heterocycles. The molecule has 100 valence electrons. The summed E-state index contributed by atoms with van der Waals surface area (Å²) in [6.07, 6.45) is 12.1. The molecule has 2 unspecified atom stereocenters. The van der Waals surface area contributed by atoms with Gasteiger partial charge >= 0.3 is 0 Å². The molecule has 2 aliphatic rings. The highest BCUT2D eigenvalue weighted by atomic mass is 32.2. The van der Waals surface area contributed by atoms with E-state index >= 15 is 0 Å². The molecule has 0 amide bonds. The van der Waals surface area contributed by atoms with Gasteiger partial charge in [0.25, 0.3) is 0 Å². The Balaban J connectivity index is 1.56. The predicted octanol–water partition coefficient (Wildman–Crippen LogP) is 2.74. The van der Waals surface area contributed by atoms with E-state index in [1.165, 1.54) is 71.1 Å². The van der Waals surface area contributed by atoms with Gasteiger partial charge in [-0.15, -0.1) is 0 Å². The SMILES string of the molecule is CSC1CCCCC1NCCCN1CCCC1. The lowest BCUT2D eigenvalue weighted by Crippen LogP contribution is -2.41. The van der Waals surface area contributed by atoms with E-state index in [-0.39, 0.29) is 0 Å². The molecule has 0 spiro atoms. The fourth-order valence-corrected chi connectivity index (χ4v) is 4.17. The maximum absolute atomic E-state index is 3.80. The second kappa shape index (κ2) is 7.65. The Morgan fingerprint density at radius 3 is 2.65 bits per heavy atom. The molecule has 0 aromatic rings. The minimum Gasteiger partial charge on any atom is -0.313 e. The van der Waals surface area contributed by atoms with Gasteiger partial charge in [-0.2, -0.15) is 11.8 Å². The molecule has 1 saturated heterocycles. The Morgan fingerprint density at radius 2 is 1.88 bits per heavy atom. The van der Waals surface area contributed by atoms with Crippen LogP contribution < -0.4 is 5.32 Å². The van der Waals surface area contributed by atoms with Crippen LogP contribution in [0.1, 0.15) is 44.9 Å². The number of hydrogen-bond acceptors (Lipinski definition) is 3. The summed E-state index contributed by atoms with van der Waals surface area (Å²) in [5, 5.41) is 4.67. The average Bonchev–Trinajstić information content (AvgIpc) is 2.88. The number of rotatable bonds is 6. The summed E-state index contributed by atoms with van der Waals surface area (Å²) in [7, 11) is 0. The third-order valence-corrected chi connectivity index (χ3v) is 5.43. The van der Waals surface area contributed by atoms with Crippen molar-refractivity contribution in [2.75, 3.05) is 32.4 Å². The van der Waals surface area contributed by atoms with Crippen molar-refractivity contribution in [2.45, 2.75) is 56.2 Å². The second-order valence-electron chi connectivity index (χ2n) is 5.52. The summed E-state index contributed by atoms with van der Waals surface area (Å²) in [6, 6.07) is 0.789. The molecule has 0 bridgehead atoms. The standard InChI is InChI=1S/C14H28N2S/c1-17-14-8-3-2-7-13(14)15-9-6-12-16-10-4-5-11-16/h13-15H,2-12H2,1H3. The summed E-state index contributed by atoms with van der Waals surface area (Å²) >= 11 is 2.06. The zero-order valence-corrected chi connectivity index (χ0v) is 12.1. The van der Waals surface area contributed by atoms with Gasteiger partial charge in [0.15, 0.2) is 0 Å². The van der Waals surface area contributed by atoms with Crippen LogP contribution in [0, 0.1) is 0 Å². The van der Waals surface area contributed by atoms with E-state index in [1.807, 2.05) is 0 Å². The van der Waals surface area contributed by atoms with Crippen LogP contribution in [-0.4, -0.2) is 48.6 Å². The van der Waals surface area contributed by atoms with Gasteiger partial charge in [0, 0.05) is 11.3 Å². The van der Waals surface area contributed by atoms with Crippen molar-refractivity contribution >= 4 is 11.8 Å². The molecule has 0 radical (unpaired) electrons. The fourth-order valence-electron chi connectivity index (χ4n) is 3.21. The summed E-state index contributed by atoms with van der Waals surface area (Å²) in [4.78, 5) is 2.62. The number of likely N-dealkylation sites (tertiary alicyclic amines) is 1. The Hall–Kier alpha value is 0.270. The average molecular weight is 256 g/mol. The van der Waals surface area contributed by atoms with E-state index in [2.05, 4.69) is 28.2 Å². The molecule has 3 heteroatoms. The lowest BCUT2D eigenvalue weighted by Gasteiger charge is -2.31. The van der Waals surface area contributed by atoms with Crippen LogP contribution in [-0.2, 0) is 0 Å². The Labute approximate surface area is 111 Å². The molecule has 1 aliphatic carbocycles. The number of hydrogen-bond donors (Lipinski definition) is 1. The molecular formula is C14H28N2S. The highest BCUT2D eigenvalue weighted by Crippen LogP contribution is 2.27. The molecule has 1 saturated carbocycles. The smallest absolute Gasteiger partial charge is 0.0198 e. The van der Waals surface area contributed by atoms with Crippen LogP contribution in [0.2, 0.25) is 0 Å². The molecule has 2 rings (SSSR count). The first-order chi connectivity index (χ1) is 8.40. The third-order valence-electron chi connectivity index (χ3n) is 4.26. The van der Waals surface area contributed by atoms with Crippen molar-refractivity contribution in [1.82, 2.24) is 10.2 Å². The molecule has 17 heavy (non-hydrogen) atoms. The van der Waals surface area contributed by atoms with E-state index in [0.717, 1.165) is 11.3 Å². The Morgan fingerprint density at radius 1 is 1.12 bits per heavy atom. The molecule has 1 N–H and O–H groups in total. The molecule has 1 heterocycles. The first kappa shape index (κ1) is 13.7. The Kier molecular flexibility index (Phi) is 6.16. The van der Waals surface area contributed by atoms with Gasteiger partial charge in [0.1, 0.15) is 0 Å². The van der Waals surface area contributed by atoms with Crippen LogP contribution in [0.25, 0.3) is 0 Å². The summed E-state index contributed by atoms with van der Waals surface area (Å²) < 4.78 is 0. The van der Waals surface area contributed by atoms with E-state index in [0.29, 0.717) is 0 Å². The summed E-state index contributed by atoms with van der Waals surface area (Å²) in [5.41, 5.74) is 0. The largest absolute Gasteiger partial charge is 0.313 e. The molecule has 1 aliphatic heterocycles. The first-order valence-corrected chi connectivity index (χ1v) is 8.67. The topological polar surface area (TPSA) is 15.3 Å². The first-order valence-electron chi connectivity index (χ1n) is 7.38. The molecule has 2 atom stereocenters. The van der Waals surface area contributed by atoms with E-state index in [1.54, 1.807) is 0 Å². The van der Waals surface area contributed by atoms with Gasteiger partial charge in [-0.05, 0) is 64.5 Å². The van der Waals surface area contributed by atoms with Crippen molar-refractivity contribution in [2.24, 2.45) is 0 Å². The number of nitrogens with one attached hydrogen (secondary N) is 1. The summed E-state index contributed by atoms with van der Waals surface area (Å²) in [6.45, 7) is 5.22. The van der Waals surface area contributed by atoms with Crippen LogP contribution in [0.3, 0.4) is 0 Å². The zero-order chi connectivity index (χ0) is 11.9. The highest BCUT2D eigenvalue weighted by Gasteiger charge is 2.23. The molecule has 2 fully saturated rings. The van der Waals surface area contributed by atoms with Crippen LogP contribution in [0.4, 0.5) is 0 Å². The van der Waals surface area contributed by atoms with Crippen molar-refractivity contribution in [1.29, 1.82) is 0 Å². The Bertz CT molecular complexity index is 204. The maximum atomic E-state index is 3.80. The van der Waals surface area contributed by atoms with Gasteiger partial charge in [-0.25, -0.2) is 0 Å². The fraction of sp³-hybridized carbons (Fsp3) is 1.00. The third kappa shape index (κ3) is 4.46. The van der Waals surface area contributed by atoms with Gasteiger partial charge in [0.05, 0.1) is 0 Å². The van der Waals surface area contributed by atoms with Crippen LogP contribution in [0.5, 0.6) is 0 Å². The van der Waals surface area contributed by atoms with Crippen molar-refractivity contribution < 1.29 is 0 Å². The van der Waals surface area contributed by atoms with Crippen molar-refractivity contribution in [3.63, 3.8) is 0 Å². The van der Waals surface area contributed by atoms with Gasteiger partial charge in [0.2, 0.25) is 0 Å². The van der Waals surface area contributed by atoms with Gasteiger partial charge in [-0.3, -0.25) is 0 Å². The predicted molar refractivity (Wildman–Crippen MR) is 77.9 cm³/mol. The number of thioether (sulfide) groups is 1. The van der Waals surface area contributed by atoms with E-state index < -0.39 is 0 Å². The maximum Gasteiger partial charge on any atom is 0.0198 e. The highest BCUT2D eigenvalue weighted by molar-refractivity contribution is 7.99. The van der Waals surface area contributed by atoms with E-state index in [9.17, 15) is 0 Å². The molecule has 2 nitrogen and oxygen atoms in total. The van der Waals surface area contributed by atoms with Crippen LogP contribution >= 0.6 is 11.8 Å². The van der Waals surface area contributed by atoms with Gasteiger partial charge < -0.3 is 10.2 Å². The normalized spacial score (nSPS) is 30.9. The quantitative estimate of drug-likeness (QED) is 0.736. The van der Waals surface area contributed by atoms with Crippen LogP contribution in [0.15, 0.2) is 0 Å². The second-order valence-corrected chi connectivity index (χ2v) is 6.60. The van der Waals surface area contributed by atoms with Gasteiger partial charge in [-0.1, -0.05) is 12.8 Å². The molecular weight excluding hydrogens is 228 g/mol. The van der Waals surface area contributed by atoms with Crippen molar-refractivity contribution in [3.8, 4) is 0 Å². The minimum atomic E-state index is 0.789. The summed E-state index contributed by atoms with van der Waals surface area (Å²) in [5.74, 6) is 0. The number of nitrogens with zero attached hydrogens (tertiary/aromatic N) is 1. The lowest BCUT2D eigenvalue weighted by molar-refractivity contribution is 0.319. The molecule has 0 aromatic carbocycles. The zero-order valence-electron chi connectivity index (χ0n) is 11.3. The minimum absolute atomic E-state index is 0.789. The lowest BCUT2D eigenvalue weighted by atomic mass is 9.95.